The van der Waals surface area contributed by atoms with Crippen LogP contribution in [-0.2, 0) is 6.42 Å². The molecule has 0 atom stereocenters. The third kappa shape index (κ3) is 6.61. The fourth-order valence-electron chi connectivity index (χ4n) is 2.27. The molecule has 0 saturated heterocycles. The number of hydrogen-bond acceptors (Lipinski definition) is 3. The van der Waals surface area contributed by atoms with Gasteiger partial charge in [0.05, 0.1) is 17.6 Å². The third-order valence-electron chi connectivity index (χ3n) is 3.57. The van der Waals surface area contributed by atoms with Gasteiger partial charge in [-0.2, -0.15) is 0 Å². The van der Waals surface area contributed by atoms with Crippen LogP contribution >= 0.6 is 0 Å². The van der Waals surface area contributed by atoms with Crippen molar-refractivity contribution >= 4 is 5.69 Å². The van der Waals surface area contributed by atoms with E-state index in [1.54, 1.807) is 6.07 Å². The molecule has 0 spiro atoms. The van der Waals surface area contributed by atoms with Gasteiger partial charge in [0.1, 0.15) is 5.75 Å². The van der Waals surface area contributed by atoms with Crippen LogP contribution in [0.1, 0.15) is 64.4 Å². The summed E-state index contributed by atoms with van der Waals surface area (Å²) in [4.78, 5) is 10.9. The highest BCUT2D eigenvalue weighted by atomic mass is 16.6. The second-order valence-electron chi connectivity index (χ2n) is 5.41. The normalized spacial score (nSPS) is 10.6. The van der Waals surface area contributed by atoms with Gasteiger partial charge >= 0.3 is 0 Å². The molecule has 0 aliphatic heterocycles. The number of unbranched alkanes of at least 4 members (excludes halogenated alkanes) is 5. The van der Waals surface area contributed by atoms with E-state index in [0.717, 1.165) is 37.7 Å². The molecular weight excluding hydrogens is 266 g/mol. The minimum absolute atomic E-state index is 0.194. The minimum Gasteiger partial charge on any atom is -0.493 e. The first-order chi connectivity index (χ1) is 10.2. The van der Waals surface area contributed by atoms with E-state index in [9.17, 15) is 10.1 Å². The molecule has 0 aliphatic rings. The van der Waals surface area contributed by atoms with Crippen molar-refractivity contribution in [1.29, 1.82) is 0 Å². The highest BCUT2D eigenvalue weighted by Crippen LogP contribution is 2.26. The Morgan fingerprint density at radius 1 is 1.05 bits per heavy atom. The molecule has 118 valence electrons. The molecule has 21 heavy (non-hydrogen) atoms. The summed E-state index contributed by atoms with van der Waals surface area (Å²) >= 11 is 0. The van der Waals surface area contributed by atoms with Gasteiger partial charge in [0.25, 0.3) is 5.69 Å². The molecule has 0 bridgehead atoms. The second kappa shape index (κ2) is 10.2. The van der Waals surface area contributed by atoms with Crippen molar-refractivity contribution in [3.8, 4) is 5.75 Å². The molecule has 0 amide bonds. The zero-order valence-electron chi connectivity index (χ0n) is 13.3. The predicted molar refractivity (Wildman–Crippen MR) is 86.0 cm³/mol. The molecule has 4 heteroatoms. The van der Waals surface area contributed by atoms with E-state index in [-0.39, 0.29) is 10.6 Å². The molecule has 0 fully saturated rings. The second-order valence-corrected chi connectivity index (χ2v) is 5.41. The molecule has 0 unspecified atom stereocenters. The van der Waals surface area contributed by atoms with Crippen LogP contribution in [-0.4, -0.2) is 11.5 Å². The lowest BCUT2D eigenvalue weighted by Crippen LogP contribution is -2.00. The smallest absolute Gasteiger partial charge is 0.276 e. The van der Waals surface area contributed by atoms with Crippen molar-refractivity contribution in [2.24, 2.45) is 0 Å². The van der Waals surface area contributed by atoms with Gasteiger partial charge in [-0.05, 0) is 31.4 Å². The zero-order valence-corrected chi connectivity index (χ0v) is 13.3. The van der Waals surface area contributed by atoms with Crippen molar-refractivity contribution in [2.45, 2.75) is 65.2 Å². The monoisotopic (exact) mass is 293 g/mol. The van der Waals surface area contributed by atoms with Crippen LogP contribution in [0.15, 0.2) is 18.2 Å². The molecule has 1 aromatic carbocycles. The first kappa shape index (κ1) is 17.5. The summed E-state index contributed by atoms with van der Waals surface area (Å²) in [5, 5.41) is 11.2. The summed E-state index contributed by atoms with van der Waals surface area (Å²) < 4.78 is 5.55. The minimum atomic E-state index is -0.298. The van der Waals surface area contributed by atoms with E-state index >= 15 is 0 Å². The molecule has 0 aliphatic carbocycles. The largest absolute Gasteiger partial charge is 0.493 e. The van der Waals surface area contributed by atoms with E-state index in [2.05, 4.69) is 13.8 Å². The Morgan fingerprint density at radius 3 is 2.43 bits per heavy atom. The third-order valence-corrected chi connectivity index (χ3v) is 3.57. The van der Waals surface area contributed by atoms with E-state index in [4.69, 9.17) is 4.74 Å². The maximum absolute atomic E-state index is 11.2. The van der Waals surface area contributed by atoms with Crippen LogP contribution in [0.3, 0.4) is 0 Å². The van der Waals surface area contributed by atoms with Gasteiger partial charge in [-0.15, -0.1) is 0 Å². The topological polar surface area (TPSA) is 52.4 Å². The van der Waals surface area contributed by atoms with Crippen LogP contribution in [0, 0.1) is 10.1 Å². The Balaban J connectivity index is 2.59. The lowest BCUT2D eigenvalue weighted by Gasteiger charge is -2.08. The summed E-state index contributed by atoms with van der Waals surface area (Å²) in [7, 11) is 0. The van der Waals surface area contributed by atoms with Gasteiger partial charge in [0.2, 0.25) is 0 Å². The number of nitro benzene ring substituents is 1. The highest BCUT2D eigenvalue weighted by molar-refractivity contribution is 5.46. The highest BCUT2D eigenvalue weighted by Gasteiger charge is 2.14. The van der Waals surface area contributed by atoms with Crippen molar-refractivity contribution in [3.05, 3.63) is 33.9 Å². The summed E-state index contributed by atoms with van der Waals surface area (Å²) in [6, 6.07) is 5.26. The van der Waals surface area contributed by atoms with E-state index in [1.807, 2.05) is 12.1 Å². The Bertz CT molecular complexity index is 432. The van der Waals surface area contributed by atoms with Gasteiger partial charge in [-0.3, -0.25) is 10.1 Å². The number of hydrogen-bond donors (Lipinski definition) is 0. The molecule has 0 aromatic heterocycles. The van der Waals surface area contributed by atoms with Gasteiger partial charge in [-0.1, -0.05) is 46.0 Å². The first-order valence-corrected chi connectivity index (χ1v) is 8.09. The van der Waals surface area contributed by atoms with Crippen molar-refractivity contribution < 1.29 is 9.66 Å². The van der Waals surface area contributed by atoms with Crippen LogP contribution in [0.5, 0.6) is 5.75 Å². The SMILES string of the molecule is CCCCCCCc1ccc(OCCCC)cc1[N+](=O)[O-]. The van der Waals surface area contributed by atoms with E-state index in [0.29, 0.717) is 12.4 Å². The Labute approximate surface area is 127 Å². The lowest BCUT2D eigenvalue weighted by atomic mass is 10.0. The average molecular weight is 293 g/mol. The number of ether oxygens (including phenoxy) is 1. The molecular formula is C17H27NO3. The van der Waals surface area contributed by atoms with Crippen LogP contribution in [0.25, 0.3) is 0 Å². The number of nitrogens with zero attached hydrogens (tertiary/aromatic N) is 1. The van der Waals surface area contributed by atoms with Crippen LogP contribution in [0.2, 0.25) is 0 Å². The molecule has 1 rings (SSSR count). The van der Waals surface area contributed by atoms with Crippen LogP contribution in [0.4, 0.5) is 5.69 Å². The fraction of sp³-hybridized carbons (Fsp3) is 0.647. The van der Waals surface area contributed by atoms with Gasteiger partial charge in [0.15, 0.2) is 0 Å². The zero-order chi connectivity index (χ0) is 15.5. The van der Waals surface area contributed by atoms with Crippen molar-refractivity contribution in [2.75, 3.05) is 6.61 Å². The first-order valence-electron chi connectivity index (χ1n) is 8.09. The molecule has 0 radical (unpaired) electrons. The lowest BCUT2D eigenvalue weighted by molar-refractivity contribution is -0.385. The number of nitro groups is 1. The van der Waals surface area contributed by atoms with Crippen molar-refractivity contribution in [3.63, 3.8) is 0 Å². The molecule has 4 nitrogen and oxygen atoms in total. The Kier molecular flexibility index (Phi) is 8.48. The maximum atomic E-state index is 11.2. The van der Waals surface area contributed by atoms with Gasteiger partial charge in [-0.25, -0.2) is 0 Å². The maximum Gasteiger partial charge on any atom is 0.276 e. The summed E-state index contributed by atoms with van der Waals surface area (Å²) in [5.41, 5.74) is 1.01. The summed E-state index contributed by atoms with van der Waals surface area (Å²) in [6.45, 7) is 4.89. The summed E-state index contributed by atoms with van der Waals surface area (Å²) in [6.07, 6.45) is 8.61. The Hall–Kier alpha value is -1.58. The number of benzene rings is 1. The quantitative estimate of drug-likeness (QED) is 0.316. The van der Waals surface area contributed by atoms with E-state index < -0.39 is 0 Å². The molecule has 0 saturated carbocycles. The number of rotatable bonds is 11. The van der Waals surface area contributed by atoms with Crippen LogP contribution < -0.4 is 4.74 Å². The fourth-order valence-corrected chi connectivity index (χ4v) is 2.27. The molecule has 1 aromatic rings. The Morgan fingerprint density at radius 2 is 1.76 bits per heavy atom. The molecule has 0 N–H and O–H groups in total. The number of aryl methyl sites for hydroxylation is 1. The molecule has 0 heterocycles. The standard InChI is InChI=1S/C17H27NO3/c1-3-5-7-8-9-10-15-11-12-16(21-13-6-4-2)14-17(15)18(19)20/h11-12,14H,3-10,13H2,1-2H3. The average Bonchev–Trinajstić information content (AvgIpc) is 2.48. The van der Waals surface area contributed by atoms with Crippen molar-refractivity contribution in [1.82, 2.24) is 0 Å². The van der Waals surface area contributed by atoms with Gasteiger partial charge in [0, 0.05) is 5.56 Å². The summed E-state index contributed by atoms with van der Waals surface area (Å²) in [5.74, 6) is 0.602. The predicted octanol–water partition coefficient (Wildman–Crippen LogP) is 5.29. The van der Waals surface area contributed by atoms with Gasteiger partial charge < -0.3 is 4.74 Å². The van der Waals surface area contributed by atoms with E-state index in [1.165, 1.54) is 19.3 Å².